The Morgan fingerprint density at radius 2 is 1.86 bits per heavy atom. The summed E-state index contributed by atoms with van der Waals surface area (Å²) in [6.07, 6.45) is 0.814. The topological polar surface area (TPSA) is 12.0 Å². The normalized spacial score (nSPS) is 12.4. The van der Waals surface area contributed by atoms with Crippen molar-refractivity contribution in [2.45, 2.75) is 26.3 Å². The molecule has 1 N–H and O–H groups in total. The van der Waals surface area contributed by atoms with Gasteiger partial charge in [-0.2, -0.15) is 0 Å². The van der Waals surface area contributed by atoms with E-state index in [1.54, 1.807) is 0 Å². The lowest BCUT2D eigenvalue weighted by molar-refractivity contribution is 0.546. The van der Waals surface area contributed by atoms with Crippen LogP contribution in [0.1, 0.15) is 29.7 Å². The van der Waals surface area contributed by atoms with Gasteiger partial charge in [0, 0.05) is 10.5 Å². The predicted molar refractivity (Wildman–Crippen MR) is 93.1 cm³/mol. The summed E-state index contributed by atoms with van der Waals surface area (Å²) in [6.45, 7) is 5.05. The molecule has 0 amide bonds. The fraction of sp³-hybridized carbons (Fsp3) is 0.294. The van der Waals surface area contributed by atoms with Crippen LogP contribution in [0.2, 0.25) is 0 Å². The maximum absolute atomic E-state index is 13.3. The monoisotopic (exact) mass is 413 g/mol. The zero-order valence-corrected chi connectivity index (χ0v) is 15.3. The van der Waals surface area contributed by atoms with Crippen LogP contribution in [0.4, 0.5) is 4.39 Å². The maximum atomic E-state index is 13.3. The van der Waals surface area contributed by atoms with Crippen molar-refractivity contribution < 1.29 is 4.39 Å². The number of hydrogen-bond donors (Lipinski definition) is 1. The number of aryl methyl sites for hydroxylation is 1. The zero-order chi connectivity index (χ0) is 15.4. The number of benzene rings is 2. The predicted octanol–water partition coefficient (Wildman–Crippen LogP) is 5.55. The molecule has 1 unspecified atom stereocenters. The minimum absolute atomic E-state index is 0.197. The number of likely N-dealkylation sites (N-methyl/N-ethyl adjacent to an activating group) is 1. The average Bonchev–Trinajstić information content (AvgIpc) is 2.42. The van der Waals surface area contributed by atoms with Gasteiger partial charge in [0.25, 0.3) is 0 Å². The molecule has 0 fully saturated rings. The third-order valence-corrected chi connectivity index (χ3v) is 4.70. The molecule has 2 aromatic carbocycles. The van der Waals surface area contributed by atoms with Gasteiger partial charge in [0.2, 0.25) is 0 Å². The Labute approximate surface area is 142 Å². The molecule has 0 aromatic heterocycles. The van der Waals surface area contributed by atoms with Gasteiger partial charge in [-0.3, -0.25) is 0 Å². The summed E-state index contributed by atoms with van der Waals surface area (Å²) in [5.74, 6) is -0.227. The second-order valence-electron chi connectivity index (χ2n) is 5.09. The van der Waals surface area contributed by atoms with Crippen LogP contribution in [0.3, 0.4) is 0 Å². The van der Waals surface area contributed by atoms with Gasteiger partial charge in [-0.1, -0.05) is 41.1 Å². The number of halogens is 3. The summed E-state index contributed by atoms with van der Waals surface area (Å²) in [4.78, 5) is 0. The molecule has 1 atom stereocenters. The molecule has 0 bridgehead atoms. The summed E-state index contributed by atoms with van der Waals surface area (Å²) >= 11 is 6.90. The van der Waals surface area contributed by atoms with Crippen molar-refractivity contribution in [3.05, 3.63) is 67.9 Å². The van der Waals surface area contributed by atoms with E-state index in [4.69, 9.17) is 0 Å². The molecular weight excluding hydrogens is 397 g/mol. The smallest absolute Gasteiger partial charge is 0.137 e. The Hall–Kier alpha value is -0.710. The van der Waals surface area contributed by atoms with E-state index in [-0.39, 0.29) is 11.9 Å². The van der Waals surface area contributed by atoms with Gasteiger partial charge in [0.15, 0.2) is 0 Å². The molecule has 0 heterocycles. The SMILES string of the molecule is CCNC(Cc1ccc(F)c(Br)c1)c1ccc(C)cc1Br. The summed E-state index contributed by atoms with van der Waals surface area (Å²) in [7, 11) is 0. The first-order valence-corrected chi connectivity index (χ1v) is 8.53. The van der Waals surface area contributed by atoms with Crippen LogP contribution in [0, 0.1) is 12.7 Å². The van der Waals surface area contributed by atoms with Gasteiger partial charge >= 0.3 is 0 Å². The van der Waals surface area contributed by atoms with Gasteiger partial charge in [0.1, 0.15) is 5.82 Å². The third-order valence-electron chi connectivity index (χ3n) is 3.41. The van der Waals surface area contributed by atoms with E-state index in [0.29, 0.717) is 4.47 Å². The molecule has 0 saturated carbocycles. The first-order valence-electron chi connectivity index (χ1n) is 6.94. The molecule has 0 aliphatic carbocycles. The molecule has 2 rings (SSSR count). The quantitative estimate of drug-likeness (QED) is 0.675. The van der Waals surface area contributed by atoms with Gasteiger partial charge < -0.3 is 5.32 Å². The standard InChI is InChI=1S/C17H18Br2FN/c1-3-21-17(13-6-4-11(2)8-14(13)18)10-12-5-7-16(20)15(19)9-12/h4-9,17,21H,3,10H2,1-2H3. The first-order chi connectivity index (χ1) is 10.0. The average molecular weight is 415 g/mol. The summed E-state index contributed by atoms with van der Waals surface area (Å²) < 4.78 is 15.0. The lowest BCUT2D eigenvalue weighted by Gasteiger charge is -2.20. The van der Waals surface area contributed by atoms with Crippen molar-refractivity contribution in [3.63, 3.8) is 0 Å². The van der Waals surface area contributed by atoms with Gasteiger partial charge in [-0.25, -0.2) is 4.39 Å². The fourth-order valence-corrected chi connectivity index (χ4v) is 3.55. The Bertz CT molecular complexity index is 628. The summed E-state index contributed by atoms with van der Waals surface area (Å²) in [5, 5.41) is 3.50. The molecule has 0 spiro atoms. The fourth-order valence-electron chi connectivity index (χ4n) is 2.36. The molecule has 0 aliphatic heterocycles. The Morgan fingerprint density at radius 1 is 1.10 bits per heavy atom. The van der Waals surface area contributed by atoms with Crippen LogP contribution in [0.15, 0.2) is 45.3 Å². The number of nitrogens with one attached hydrogen (secondary N) is 1. The lowest BCUT2D eigenvalue weighted by Crippen LogP contribution is -2.23. The van der Waals surface area contributed by atoms with Crippen molar-refractivity contribution in [1.82, 2.24) is 5.32 Å². The van der Waals surface area contributed by atoms with E-state index < -0.39 is 0 Å². The van der Waals surface area contributed by atoms with E-state index in [0.717, 1.165) is 23.0 Å². The minimum Gasteiger partial charge on any atom is -0.310 e. The molecule has 21 heavy (non-hydrogen) atoms. The third kappa shape index (κ3) is 4.38. The van der Waals surface area contributed by atoms with Crippen LogP contribution in [0.25, 0.3) is 0 Å². The molecule has 1 nitrogen and oxygen atoms in total. The second-order valence-corrected chi connectivity index (χ2v) is 6.80. The van der Waals surface area contributed by atoms with Crippen LogP contribution < -0.4 is 5.32 Å². The largest absolute Gasteiger partial charge is 0.310 e. The molecule has 0 aliphatic rings. The van der Waals surface area contributed by atoms with Crippen LogP contribution in [-0.2, 0) is 6.42 Å². The molecular formula is C17H18Br2FN. The van der Waals surface area contributed by atoms with Crippen molar-refractivity contribution in [1.29, 1.82) is 0 Å². The van der Waals surface area contributed by atoms with Gasteiger partial charge in [-0.15, -0.1) is 0 Å². The molecule has 4 heteroatoms. The Balaban J connectivity index is 2.28. The van der Waals surface area contributed by atoms with Crippen molar-refractivity contribution in [2.75, 3.05) is 6.54 Å². The van der Waals surface area contributed by atoms with Crippen molar-refractivity contribution in [2.24, 2.45) is 0 Å². The maximum Gasteiger partial charge on any atom is 0.137 e. The van der Waals surface area contributed by atoms with E-state index in [9.17, 15) is 4.39 Å². The summed E-state index contributed by atoms with van der Waals surface area (Å²) in [6, 6.07) is 11.8. The molecule has 112 valence electrons. The first kappa shape index (κ1) is 16.7. The molecule has 0 radical (unpaired) electrons. The lowest BCUT2D eigenvalue weighted by atomic mass is 9.98. The highest BCUT2D eigenvalue weighted by Crippen LogP contribution is 2.28. The van der Waals surface area contributed by atoms with Gasteiger partial charge in [0.05, 0.1) is 4.47 Å². The van der Waals surface area contributed by atoms with Crippen molar-refractivity contribution >= 4 is 31.9 Å². The Morgan fingerprint density at radius 3 is 2.48 bits per heavy atom. The molecule has 2 aromatic rings. The van der Waals surface area contributed by atoms with E-state index in [1.807, 2.05) is 12.1 Å². The number of hydrogen-bond acceptors (Lipinski definition) is 1. The number of rotatable bonds is 5. The summed E-state index contributed by atoms with van der Waals surface area (Å²) in [5.41, 5.74) is 3.55. The minimum atomic E-state index is -0.227. The van der Waals surface area contributed by atoms with E-state index in [2.05, 4.69) is 69.2 Å². The van der Waals surface area contributed by atoms with E-state index in [1.165, 1.54) is 17.2 Å². The zero-order valence-electron chi connectivity index (χ0n) is 12.1. The highest BCUT2D eigenvalue weighted by Gasteiger charge is 2.15. The highest BCUT2D eigenvalue weighted by molar-refractivity contribution is 9.10. The van der Waals surface area contributed by atoms with Crippen LogP contribution in [-0.4, -0.2) is 6.54 Å². The van der Waals surface area contributed by atoms with Crippen LogP contribution in [0.5, 0.6) is 0 Å². The Kier molecular flexibility index (Phi) is 5.97. The van der Waals surface area contributed by atoms with Crippen molar-refractivity contribution in [3.8, 4) is 0 Å². The van der Waals surface area contributed by atoms with Gasteiger partial charge in [-0.05, 0) is 70.7 Å². The van der Waals surface area contributed by atoms with E-state index >= 15 is 0 Å². The van der Waals surface area contributed by atoms with Crippen LogP contribution >= 0.6 is 31.9 Å². The molecule has 0 saturated heterocycles. The highest BCUT2D eigenvalue weighted by atomic mass is 79.9. The second kappa shape index (κ2) is 7.52.